The van der Waals surface area contributed by atoms with Crippen LogP contribution in [0.5, 0.6) is 0 Å². The molecule has 0 bridgehead atoms. The summed E-state index contributed by atoms with van der Waals surface area (Å²) in [6, 6.07) is 2.96. The van der Waals surface area contributed by atoms with Crippen LogP contribution in [0.15, 0.2) is 6.07 Å². The van der Waals surface area contributed by atoms with Crippen molar-refractivity contribution in [1.29, 1.82) is 0 Å². The van der Waals surface area contributed by atoms with Crippen molar-refractivity contribution in [1.82, 2.24) is 10.2 Å². The van der Waals surface area contributed by atoms with Gasteiger partial charge < -0.3 is 15.0 Å². The highest BCUT2D eigenvalue weighted by Gasteiger charge is 2.50. The van der Waals surface area contributed by atoms with Gasteiger partial charge >= 0.3 is 6.18 Å². The zero-order valence-corrected chi connectivity index (χ0v) is 20.4. The molecular weight excluding hydrogens is 449 g/mol. The van der Waals surface area contributed by atoms with E-state index in [-0.39, 0.29) is 30.4 Å². The lowest BCUT2D eigenvalue weighted by atomic mass is 9.73. The Morgan fingerprint density at radius 2 is 2.06 bits per heavy atom. The van der Waals surface area contributed by atoms with Crippen molar-refractivity contribution < 1.29 is 22.7 Å². The van der Waals surface area contributed by atoms with Crippen LogP contribution in [0, 0.1) is 17.8 Å². The van der Waals surface area contributed by atoms with Crippen LogP contribution >= 0.6 is 11.3 Å². The van der Waals surface area contributed by atoms with E-state index in [2.05, 4.69) is 30.1 Å². The van der Waals surface area contributed by atoms with Gasteiger partial charge in [-0.05, 0) is 69.4 Å². The molecule has 5 rings (SSSR count). The SMILES string of the molecule is CCc1cc2c(s1)CCO[C@@]21CCN(C[C@H]2C[C@@H](NC(=O)C3CC(C(F)(F)F)C3)C2)[C@@H](C)C1. The number of carbonyl (C=O) groups excluding carboxylic acids is 1. The van der Waals surface area contributed by atoms with Gasteiger partial charge in [-0.15, -0.1) is 11.3 Å². The number of hydrogen-bond acceptors (Lipinski definition) is 4. The molecule has 1 aromatic rings. The van der Waals surface area contributed by atoms with Gasteiger partial charge in [0.25, 0.3) is 0 Å². The maximum Gasteiger partial charge on any atom is 0.391 e. The standard InChI is InChI=1S/C25H35F3N2O2S/c1-3-20-12-21-22(33-20)4-7-32-24(21)5-6-30(15(2)13-24)14-16-8-19(9-16)29-23(31)17-10-18(11-17)25(26,27)28/h12,15-19H,3-11,13-14H2,1-2H3,(H,29,31)/t15-,16-,17?,18?,19+,24+/m0/s1. The molecule has 2 atom stereocenters. The van der Waals surface area contributed by atoms with Gasteiger partial charge in [-0.25, -0.2) is 0 Å². The summed E-state index contributed by atoms with van der Waals surface area (Å²) in [4.78, 5) is 17.8. The molecule has 1 amide bonds. The van der Waals surface area contributed by atoms with Gasteiger partial charge in [0, 0.05) is 47.3 Å². The Balaban J connectivity index is 1.08. The first-order valence-corrected chi connectivity index (χ1v) is 13.4. The number of thiophene rings is 1. The van der Waals surface area contributed by atoms with E-state index >= 15 is 0 Å². The largest absolute Gasteiger partial charge is 0.391 e. The molecule has 8 heteroatoms. The molecule has 184 valence electrons. The number of alkyl halides is 3. The molecular formula is C25H35F3N2O2S. The minimum absolute atomic E-state index is 0.0494. The second kappa shape index (κ2) is 8.83. The van der Waals surface area contributed by atoms with Crippen LogP contribution in [-0.4, -0.2) is 48.8 Å². The summed E-state index contributed by atoms with van der Waals surface area (Å²) in [6.07, 6.45) is 1.77. The van der Waals surface area contributed by atoms with Crippen molar-refractivity contribution in [3.63, 3.8) is 0 Å². The van der Waals surface area contributed by atoms with E-state index in [4.69, 9.17) is 4.74 Å². The van der Waals surface area contributed by atoms with Crippen molar-refractivity contribution in [2.75, 3.05) is 19.7 Å². The second-order valence-electron chi connectivity index (χ2n) is 10.7. The molecule has 1 saturated heterocycles. The van der Waals surface area contributed by atoms with Crippen molar-refractivity contribution in [3.8, 4) is 0 Å². The number of halogens is 3. The van der Waals surface area contributed by atoms with Gasteiger partial charge in [0.05, 0.1) is 18.1 Å². The summed E-state index contributed by atoms with van der Waals surface area (Å²) in [5.41, 5.74) is 1.32. The number of ether oxygens (including phenoxy) is 1. The highest BCUT2D eigenvalue weighted by Crippen LogP contribution is 2.47. The number of carbonyl (C=O) groups is 1. The fourth-order valence-corrected chi connectivity index (χ4v) is 7.48. The van der Waals surface area contributed by atoms with Gasteiger partial charge in [0.15, 0.2) is 0 Å². The molecule has 3 heterocycles. The Morgan fingerprint density at radius 1 is 1.30 bits per heavy atom. The molecule has 3 fully saturated rings. The average molecular weight is 485 g/mol. The van der Waals surface area contributed by atoms with Gasteiger partial charge in [-0.3, -0.25) is 4.79 Å². The summed E-state index contributed by atoms with van der Waals surface area (Å²) >= 11 is 1.96. The molecule has 4 aliphatic rings. The van der Waals surface area contributed by atoms with Gasteiger partial charge in [0.2, 0.25) is 5.91 Å². The molecule has 4 nitrogen and oxygen atoms in total. The quantitative estimate of drug-likeness (QED) is 0.636. The van der Waals surface area contributed by atoms with Gasteiger partial charge in [0.1, 0.15) is 0 Å². The van der Waals surface area contributed by atoms with E-state index in [0.29, 0.717) is 12.0 Å². The molecule has 1 aromatic heterocycles. The maximum absolute atomic E-state index is 12.6. The fourth-order valence-electron chi connectivity index (χ4n) is 6.30. The number of hydrogen-bond donors (Lipinski definition) is 1. The lowest BCUT2D eigenvalue weighted by Crippen LogP contribution is -2.55. The first kappa shape index (κ1) is 23.6. The molecule has 0 radical (unpaired) electrons. The van der Waals surface area contributed by atoms with E-state index in [1.54, 1.807) is 0 Å². The van der Waals surface area contributed by atoms with Crippen LogP contribution in [0.2, 0.25) is 0 Å². The highest BCUT2D eigenvalue weighted by molar-refractivity contribution is 7.12. The summed E-state index contributed by atoms with van der Waals surface area (Å²) in [5.74, 6) is -1.38. The number of amides is 1. The average Bonchev–Trinajstić information content (AvgIpc) is 3.11. The van der Waals surface area contributed by atoms with Gasteiger partial charge in [-0.1, -0.05) is 6.92 Å². The Kier molecular flexibility index (Phi) is 6.32. The second-order valence-corrected chi connectivity index (χ2v) is 12.0. The van der Waals surface area contributed by atoms with E-state index in [9.17, 15) is 18.0 Å². The smallest absolute Gasteiger partial charge is 0.370 e. The zero-order valence-electron chi connectivity index (χ0n) is 19.5. The van der Waals surface area contributed by atoms with Crippen LogP contribution < -0.4 is 5.32 Å². The Labute approximate surface area is 198 Å². The van der Waals surface area contributed by atoms with Crippen molar-refractivity contribution in [2.45, 2.75) is 89.1 Å². The highest BCUT2D eigenvalue weighted by atomic mass is 32.1. The molecule has 33 heavy (non-hydrogen) atoms. The number of rotatable bonds is 5. The molecule has 2 saturated carbocycles. The zero-order chi connectivity index (χ0) is 23.4. The van der Waals surface area contributed by atoms with E-state index in [0.717, 1.165) is 58.2 Å². The van der Waals surface area contributed by atoms with E-state index < -0.39 is 18.0 Å². The minimum atomic E-state index is -4.16. The molecule has 0 aromatic carbocycles. The third-order valence-corrected chi connectivity index (χ3v) is 9.84. The summed E-state index contributed by atoms with van der Waals surface area (Å²) in [7, 11) is 0. The lowest BCUT2D eigenvalue weighted by molar-refractivity contribution is -0.204. The normalized spacial score (nSPS) is 36.7. The molecule has 1 N–H and O–H groups in total. The molecule has 2 aliphatic heterocycles. The predicted octanol–water partition coefficient (Wildman–Crippen LogP) is 5.05. The van der Waals surface area contributed by atoms with Crippen LogP contribution in [0.4, 0.5) is 13.2 Å². The van der Waals surface area contributed by atoms with E-state index in [1.807, 2.05) is 11.3 Å². The molecule has 1 spiro atoms. The van der Waals surface area contributed by atoms with Crippen molar-refractivity contribution in [2.24, 2.45) is 17.8 Å². The number of likely N-dealkylation sites (tertiary alicyclic amines) is 1. The minimum Gasteiger partial charge on any atom is -0.370 e. The Morgan fingerprint density at radius 3 is 2.73 bits per heavy atom. The number of fused-ring (bicyclic) bond motifs is 2. The summed E-state index contributed by atoms with van der Waals surface area (Å²) < 4.78 is 44.4. The number of aryl methyl sites for hydroxylation is 1. The first-order valence-electron chi connectivity index (χ1n) is 12.5. The van der Waals surface area contributed by atoms with Gasteiger partial charge in [-0.2, -0.15) is 13.2 Å². The number of nitrogens with one attached hydrogen (secondary N) is 1. The van der Waals surface area contributed by atoms with Crippen LogP contribution in [0.3, 0.4) is 0 Å². The van der Waals surface area contributed by atoms with Crippen molar-refractivity contribution in [3.05, 3.63) is 21.4 Å². The third kappa shape index (κ3) is 4.59. The maximum atomic E-state index is 12.6. The predicted molar refractivity (Wildman–Crippen MR) is 122 cm³/mol. The molecule has 0 unspecified atom stereocenters. The van der Waals surface area contributed by atoms with Crippen molar-refractivity contribution >= 4 is 17.2 Å². The van der Waals surface area contributed by atoms with Crippen LogP contribution in [0.25, 0.3) is 0 Å². The monoisotopic (exact) mass is 484 g/mol. The summed E-state index contributed by atoms with van der Waals surface area (Å²) in [6.45, 7) is 7.39. The molecule has 2 aliphatic carbocycles. The van der Waals surface area contributed by atoms with Crippen LogP contribution in [-0.2, 0) is 28.0 Å². The number of nitrogens with zero attached hydrogens (tertiary/aromatic N) is 1. The summed E-state index contributed by atoms with van der Waals surface area (Å²) in [5, 5.41) is 2.99. The number of piperidine rings is 1. The Bertz CT molecular complexity index is 875. The van der Waals surface area contributed by atoms with Crippen LogP contribution in [0.1, 0.15) is 67.7 Å². The third-order valence-electron chi connectivity index (χ3n) is 8.50. The fraction of sp³-hybridized carbons (Fsp3) is 0.800. The lowest BCUT2D eigenvalue weighted by Gasteiger charge is -2.49. The Hall–Kier alpha value is -1.12. The topological polar surface area (TPSA) is 41.6 Å². The van der Waals surface area contributed by atoms with E-state index in [1.165, 1.54) is 15.3 Å². The first-order chi connectivity index (χ1) is 15.7.